The smallest absolute Gasteiger partial charge is 0.225 e. The van der Waals surface area contributed by atoms with Gasteiger partial charge in [0.05, 0.1) is 0 Å². The number of rotatable bonds is 4. The van der Waals surface area contributed by atoms with Crippen molar-refractivity contribution >= 4 is 11.8 Å². The van der Waals surface area contributed by atoms with Gasteiger partial charge in [0.25, 0.3) is 0 Å². The van der Waals surface area contributed by atoms with Gasteiger partial charge in [-0.2, -0.15) is 0 Å². The third-order valence-corrected chi connectivity index (χ3v) is 7.18. The highest BCUT2D eigenvalue weighted by Gasteiger charge is 2.31. The quantitative estimate of drug-likeness (QED) is 0.756. The number of piperidine rings is 2. The molecule has 0 aromatic rings. The first kappa shape index (κ1) is 19.7. The van der Waals surface area contributed by atoms with Gasteiger partial charge in [-0.3, -0.25) is 9.59 Å². The maximum absolute atomic E-state index is 12.7. The number of hydrogen-bond acceptors (Lipinski definition) is 2. The van der Waals surface area contributed by atoms with Crippen LogP contribution >= 0.6 is 0 Å². The van der Waals surface area contributed by atoms with Crippen molar-refractivity contribution in [2.45, 2.75) is 78.1 Å². The molecule has 2 heterocycles. The van der Waals surface area contributed by atoms with E-state index >= 15 is 0 Å². The summed E-state index contributed by atoms with van der Waals surface area (Å²) in [7, 11) is 0. The van der Waals surface area contributed by atoms with Gasteiger partial charge in [0.2, 0.25) is 11.8 Å². The highest BCUT2D eigenvalue weighted by molar-refractivity contribution is 5.79. The molecule has 2 saturated heterocycles. The fourth-order valence-electron chi connectivity index (χ4n) is 5.16. The Bertz CT molecular complexity index is 469. The van der Waals surface area contributed by atoms with Crippen molar-refractivity contribution in [3.8, 4) is 0 Å². The monoisotopic (exact) mass is 362 g/mol. The molecule has 0 aromatic heterocycles. The van der Waals surface area contributed by atoms with Gasteiger partial charge in [-0.05, 0) is 56.3 Å². The fourth-order valence-corrected chi connectivity index (χ4v) is 5.16. The Morgan fingerprint density at radius 2 is 1.38 bits per heavy atom. The van der Waals surface area contributed by atoms with Crippen LogP contribution in [0.5, 0.6) is 0 Å². The second-order valence-corrected chi connectivity index (χ2v) is 9.27. The summed E-state index contributed by atoms with van der Waals surface area (Å²) in [6, 6.07) is 0. The Morgan fingerprint density at radius 3 is 1.96 bits per heavy atom. The second kappa shape index (κ2) is 9.23. The lowest BCUT2D eigenvalue weighted by Gasteiger charge is -2.37. The van der Waals surface area contributed by atoms with Gasteiger partial charge in [0.1, 0.15) is 0 Å². The summed E-state index contributed by atoms with van der Waals surface area (Å²) in [4.78, 5) is 29.5. The van der Waals surface area contributed by atoms with Gasteiger partial charge in [-0.1, -0.05) is 33.1 Å². The third kappa shape index (κ3) is 5.01. The van der Waals surface area contributed by atoms with E-state index in [1.807, 2.05) is 0 Å². The highest BCUT2D eigenvalue weighted by atomic mass is 16.2. The van der Waals surface area contributed by atoms with Crippen LogP contribution in [0.1, 0.15) is 78.1 Å². The van der Waals surface area contributed by atoms with E-state index in [4.69, 9.17) is 0 Å². The molecule has 3 aliphatic rings. The van der Waals surface area contributed by atoms with Gasteiger partial charge < -0.3 is 9.80 Å². The lowest BCUT2D eigenvalue weighted by Crippen LogP contribution is -2.44. The van der Waals surface area contributed by atoms with E-state index in [2.05, 4.69) is 23.6 Å². The van der Waals surface area contributed by atoms with Crippen LogP contribution in [-0.4, -0.2) is 47.8 Å². The Kier molecular flexibility index (Phi) is 6.99. The van der Waals surface area contributed by atoms with Crippen LogP contribution < -0.4 is 0 Å². The molecule has 4 nitrogen and oxygen atoms in total. The first-order valence-electron chi connectivity index (χ1n) is 11.1. The molecule has 1 saturated carbocycles. The molecule has 0 unspecified atom stereocenters. The Morgan fingerprint density at radius 1 is 0.808 bits per heavy atom. The summed E-state index contributed by atoms with van der Waals surface area (Å²) in [5, 5.41) is 0. The van der Waals surface area contributed by atoms with Crippen LogP contribution in [0, 0.1) is 23.7 Å². The lowest BCUT2D eigenvalue weighted by molar-refractivity contribution is -0.138. The average Bonchev–Trinajstić information content (AvgIpc) is 2.68. The molecule has 3 fully saturated rings. The maximum Gasteiger partial charge on any atom is 0.225 e. The van der Waals surface area contributed by atoms with E-state index in [0.717, 1.165) is 76.5 Å². The number of carbonyl (C=O) groups excluding carboxylic acids is 2. The van der Waals surface area contributed by atoms with E-state index in [9.17, 15) is 9.59 Å². The first-order chi connectivity index (χ1) is 12.5. The van der Waals surface area contributed by atoms with Crippen LogP contribution in [0.25, 0.3) is 0 Å². The topological polar surface area (TPSA) is 40.6 Å². The van der Waals surface area contributed by atoms with Crippen LogP contribution in [0.15, 0.2) is 0 Å². The minimum absolute atomic E-state index is 0.282. The number of carbonyl (C=O) groups is 2. The summed E-state index contributed by atoms with van der Waals surface area (Å²) in [6.07, 6.45) is 10.9. The fraction of sp³-hybridized carbons (Fsp3) is 0.909. The highest BCUT2D eigenvalue weighted by Crippen LogP contribution is 2.29. The molecule has 0 radical (unpaired) electrons. The molecule has 0 N–H and O–H groups in total. The number of hydrogen-bond donors (Lipinski definition) is 0. The zero-order chi connectivity index (χ0) is 18.5. The first-order valence-corrected chi connectivity index (χ1v) is 11.1. The SMILES string of the molecule is CC(C)C1CCN(C(=O)CC2CCN(C(=O)C3CCCCC3)CC2)CC1. The standard InChI is InChI=1S/C22H38N2O2/c1-17(2)19-10-14-23(15-11-19)21(25)16-18-8-12-24(13-9-18)22(26)20-6-4-3-5-7-20/h17-20H,3-16H2,1-2H3. The van der Waals surface area contributed by atoms with Crippen molar-refractivity contribution in [1.29, 1.82) is 0 Å². The maximum atomic E-state index is 12.7. The molecule has 0 aromatic carbocycles. The zero-order valence-electron chi connectivity index (χ0n) is 16.9. The summed E-state index contributed by atoms with van der Waals surface area (Å²) in [5.41, 5.74) is 0. The molecule has 2 aliphatic heterocycles. The van der Waals surface area contributed by atoms with Gasteiger partial charge in [0, 0.05) is 38.5 Å². The number of amides is 2. The summed E-state index contributed by atoms with van der Waals surface area (Å²) in [5.74, 6) is 3.02. The predicted octanol–water partition coefficient (Wildman–Crippen LogP) is 4.09. The van der Waals surface area contributed by atoms with Crippen molar-refractivity contribution in [3.05, 3.63) is 0 Å². The second-order valence-electron chi connectivity index (χ2n) is 9.27. The van der Waals surface area contributed by atoms with E-state index in [1.165, 1.54) is 19.3 Å². The van der Waals surface area contributed by atoms with Crippen molar-refractivity contribution in [2.24, 2.45) is 23.7 Å². The van der Waals surface area contributed by atoms with Crippen LogP contribution in [0.4, 0.5) is 0 Å². The minimum atomic E-state index is 0.282. The van der Waals surface area contributed by atoms with E-state index < -0.39 is 0 Å². The molecule has 3 rings (SSSR count). The Labute approximate surface area is 159 Å². The summed E-state index contributed by atoms with van der Waals surface area (Å²) in [6.45, 7) is 8.21. The van der Waals surface area contributed by atoms with Crippen molar-refractivity contribution in [3.63, 3.8) is 0 Å². The van der Waals surface area contributed by atoms with Crippen molar-refractivity contribution in [1.82, 2.24) is 9.80 Å². The molecule has 1 aliphatic carbocycles. The molecule has 26 heavy (non-hydrogen) atoms. The van der Waals surface area contributed by atoms with Crippen LogP contribution in [0.3, 0.4) is 0 Å². The largest absolute Gasteiger partial charge is 0.343 e. The molecular formula is C22H38N2O2. The van der Waals surface area contributed by atoms with Crippen LogP contribution in [0.2, 0.25) is 0 Å². The molecule has 0 spiro atoms. The third-order valence-electron chi connectivity index (χ3n) is 7.18. The average molecular weight is 363 g/mol. The summed E-state index contributed by atoms with van der Waals surface area (Å²) >= 11 is 0. The van der Waals surface area contributed by atoms with Crippen LogP contribution in [-0.2, 0) is 9.59 Å². The molecule has 0 bridgehead atoms. The van der Waals surface area contributed by atoms with E-state index in [-0.39, 0.29) is 5.92 Å². The van der Waals surface area contributed by atoms with Gasteiger partial charge in [-0.15, -0.1) is 0 Å². The zero-order valence-corrected chi connectivity index (χ0v) is 16.9. The lowest BCUT2D eigenvalue weighted by atomic mass is 9.85. The molecule has 148 valence electrons. The Balaban J connectivity index is 1.38. The number of nitrogens with zero attached hydrogens (tertiary/aromatic N) is 2. The molecule has 0 atom stereocenters. The Hall–Kier alpha value is -1.06. The normalized spacial score (nSPS) is 24.3. The van der Waals surface area contributed by atoms with Gasteiger partial charge in [-0.25, -0.2) is 0 Å². The predicted molar refractivity (Wildman–Crippen MR) is 105 cm³/mol. The van der Waals surface area contributed by atoms with Crippen molar-refractivity contribution in [2.75, 3.05) is 26.2 Å². The number of likely N-dealkylation sites (tertiary alicyclic amines) is 2. The van der Waals surface area contributed by atoms with E-state index in [1.54, 1.807) is 0 Å². The van der Waals surface area contributed by atoms with Gasteiger partial charge >= 0.3 is 0 Å². The van der Waals surface area contributed by atoms with Crippen molar-refractivity contribution < 1.29 is 9.59 Å². The van der Waals surface area contributed by atoms with E-state index in [0.29, 0.717) is 24.2 Å². The summed E-state index contributed by atoms with van der Waals surface area (Å²) < 4.78 is 0. The molecule has 4 heteroatoms. The molecule has 2 amide bonds. The van der Waals surface area contributed by atoms with Gasteiger partial charge in [0.15, 0.2) is 0 Å². The molecular weight excluding hydrogens is 324 g/mol. The minimum Gasteiger partial charge on any atom is -0.343 e.